The van der Waals surface area contributed by atoms with Crippen molar-refractivity contribution < 1.29 is 9.59 Å². The zero-order valence-electron chi connectivity index (χ0n) is 11.2. The van der Waals surface area contributed by atoms with Gasteiger partial charge in [-0.15, -0.1) is 0 Å². The minimum Gasteiger partial charge on any atom is -0.340 e. The van der Waals surface area contributed by atoms with Gasteiger partial charge in [0.15, 0.2) is 0 Å². The molecule has 0 aromatic heterocycles. The predicted octanol–water partition coefficient (Wildman–Crippen LogP) is 1.47. The van der Waals surface area contributed by atoms with Crippen molar-refractivity contribution in [2.75, 3.05) is 6.54 Å². The number of hydrogen-bond acceptors (Lipinski definition) is 2. The molecule has 2 atom stereocenters. The highest BCUT2D eigenvalue weighted by molar-refractivity contribution is 5.99. The quantitative estimate of drug-likeness (QED) is 0.754. The van der Waals surface area contributed by atoms with Crippen LogP contribution in [0.25, 0.3) is 0 Å². The van der Waals surface area contributed by atoms with Crippen LogP contribution in [-0.4, -0.2) is 34.8 Å². The topological polar surface area (TPSA) is 49.4 Å². The lowest BCUT2D eigenvalue weighted by molar-refractivity contribution is -0.154. The average molecular weight is 238 g/mol. The van der Waals surface area contributed by atoms with Gasteiger partial charge in [-0.25, -0.2) is 0 Å². The number of hydrogen-bond donors (Lipinski definition) is 1. The molecule has 0 bridgehead atoms. The summed E-state index contributed by atoms with van der Waals surface area (Å²) in [5, 5.41) is 2.84. The van der Waals surface area contributed by atoms with Crippen molar-refractivity contribution in [1.82, 2.24) is 10.2 Å². The first-order chi connectivity index (χ1) is 7.85. The van der Waals surface area contributed by atoms with Gasteiger partial charge in [-0.05, 0) is 26.7 Å². The van der Waals surface area contributed by atoms with Crippen LogP contribution in [0, 0.1) is 0 Å². The second kappa shape index (κ2) is 4.90. The highest BCUT2D eigenvalue weighted by Gasteiger charge is 2.45. The fourth-order valence-electron chi connectivity index (χ4n) is 2.13. The first-order valence-electron chi connectivity index (χ1n) is 6.13. The van der Waals surface area contributed by atoms with Crippen molar-refractivity contribution >= 4 is 11.8 Å². The van der Waals surface area contributed by atoms with Crippen molar-refractivity contribution in [3.05, 3.63) is 12.2 Å². The van der Waals surface area contributed by atoms with Gasteiger partial charge >= 0.3 is 0 Å². The lowest BCUT2D eigenvalue weighted by Gasteiger charge is -2.44. The van der Waals surface area contributed by atoms with Crippen molar-refractivity contribution in [2.45, 2.75) is 52.1 Å². The summed E-state index contributed by atoms with van der Waals surface area (Å²) in [6.45, 7) is 11.8. The van der Waals surface area contributed by atoms with E-state index in [1.807, 2.05) is 20.8 Å². The van der Waals surface area contributed by atoms with Crippen LogP contribution in [0.4, 0.5) is 0 Å². The normalized spacial score (nSPS) is 29.2. The summed E-state index contributed by atoms with van der Waals surface area (Å²) >= 11 is 0. The van der Waals surface area contributed by atoms with Crippen molar-refractivity contribution in [1.29, 1.82) is 0 Å². The van der Waals surface area contributed by atoms with E-state index in [2.05, 4.69) is 11.9 Å². The number of nitrogens with one attached hydrogen (secondary N) is 1. The third kappa shape index (κ3) is 2.51. The molecule has 1 rings (SSSR count). The molecule has 1 fully saturated rings. The molecular weight excluding hydrogens is 216 g/mol. The number of nitrogens with zero attached hydrogens (tertiary/aromatic N) is 1. The molecule has 0 aliphatic carbocycles. The number of piperazine rings is 1. The molecule has 1 aliphatic rings. The smallest absolute Gasteiger partial charge is 0.248 e. The molecule has 0 saturated carbocycles. The van der Waals surface area contributed by atoms with E-state index in [4.69, 9.17) is 0 Å². The molecule has 1 saturated heterocycles. The van der Waals surface area contributed by atoms with Gasteiger partial charge in [-0.2, -0.15) is 0 Å². The van der Waals surface area contributed by atoms with Crippen molar-refractivity contribution in [2.24, 2.45) is 0 Å². The highest BCUT2D eigenvalue weighted by Crippen LogP contribution is 2.23. The van der Waals surface area contributed by atoms with E-state index >= 15 is 0 Å². The minimum atomic E-state index is -0.766. The Morgan fingerprint density at radius 1 is 1.47 bits per heavy atom. The van der Waals surface area contributed by atoms with Crippen LogP contribution in [0.15, 0.2) is 12.2 Å². The molecule has 1 aliphatic heterocycles. The largest absolute Gasteiger partial charge is 0.340 e. The molecule has 2 unspecified atom stereocenters. The van der Waals surface area contributed by atoms with Crippen LogP contribution in [0.1, 0.15) is 40.5 Å². The number of rotatable bonds is 4. The van der Waals surface area contributed by atoms with Crippen LogP contribution in [0.3, 0.4) is 0 Å². The number of amides is 2. The van der Waals surface area contributed by atoms with Gasteiger partial charge in [0.1, 0.15) is 11.6 Å². The zero-order valence-corrected chi connectivity index (χ0v) is 11.2. The van der Waals surface area contributed by atoms with E-state index in [1.165, 1.54) is 0 Å². The van der Waals surface area contributed by atoms with Crippen LogP contribution in [0.5, 0.6) is 0 Å². The van der Waals surface area contributed by atoms with Crippen LogP contribution in [-0.2, 0) is 9.59 Å². The Kier molecular flexibility index (Phi) is 3.96. The first kappa shape index (κ1) is 13.7. The van der Waals surface area contributed by atoms with E-state index in [0.29, 0.717) is 19.4 Å². The molecule has 0 radical (unpaired) electrons. The van der Waals surface area contributed by atoms with Gasteiger partial charge in [0.2, 0.25) is 11.8 Å². The molecule has 2 amide bonds. The molecule has 0 aromatic rings. The maximum Gasteiger partial charge on any atom is 0.248 e. The van der Waals surface area contributed by atoms with E-state index in [-0.39, 0.29) is 17.9 Å². The van der Waals surface area contributed by atoms with E-state index in [1.54, 1.807) is 11.8 Å². The van der Waals surface area contributed by atoms with E-state index < -0.39 is 5.54 Å². The number of carbonyl (C=O) groups excluding carboxylic acids is 2. The van der Waals surface area contributed by atoms with Gasteiger partial charge in [-0.3, -0.25) is 9.59 Å². The Labute approximate surface area is 103 Å². The molecule has 0 spiro atoms. The maximum atomic E-state index is 12.4. The molecule has 1 N–H and O–H groups in total. The third-order valence-corrected chi connectivity index (χ3v) is 3.34. The van der Waals surface area contributed by atoms with Gasteiger partial charge < -0.3 is 10.2 Å². The molecule has 1 heterocycles. The SMILES string of the molecule is C=C(C)CN1C(=O)C(C)(CC)NC(=O)C1CC. The molecule has 4 nitrogen and oxygen atoms in total. The molecular formula is C13H22N2O2. The average Bonchev–Trinajstić information content (AvgIpc) is 2.25. The predicted molar refractivity (Wildman–Crippen MR) is 67.4 cm³/mol. The Morgan fingerprint density at radius 3 is 2.47 bits per heavy atom. The van der Waals surface area contributed by atoms with Gasteiger partial charge in [0.05, 0.1) is 0 Å². The van der Waals surface area contributed by atoms with Gasteiger partial charge in [0, 0.05) is 6.54 Å². The summed E-state index contributed by atoms with van der Waals surface area (Å²) in [6, 6.07) is -0.362. The van der Waals surface area contributed by atoms with Crippen molar-refractivity contribution in [3.63, 3.8) is 0 Å². The second-order valence-corrected chi connectivity index (χ2v) is 4.99. The maximum absolute atomic E-state index is 12.4. The number of carbonyl (C=O) groups is 2. The van der Waals surface area contributed by atoms with E-state index in [9.17, 15) is 9.59 Å². The monoisotopic (exact) mass is 238 g/mol. The summed E-state index contributed by atoms with van der Waals surface area (Å²) in [7, 11) is 0. The van der Waals surface area contributed by atoms with Crippen LogP contribution < -0.4 is 5.32 Å². The Morgan fingerprint density at radius 2 is 2.06 bits per heavy atom. The fraction of sp³-hybridized carbons (Fsp3) is 0.692. The van der Waals surface area contributed by atoms with Crippen molar-refractivity contribution in [3.8, 4) is 0 Å². The first-order valence-corrected chi connectivity index (χ1v) is 6.13. The zero-order chi connectivity index (χ0) is 13.2. The molecule has 96 valence electrons. The Hall–Kier alpha value is -1.32. The highest BCUT2D eigenvalue weighted by atomic mass is 16.2. The lowest BCUT2D eigenvalue weighted by Crippen LogP contribution is -2.69. The summed E-state index contributed by atoms with van der Waals surface area (Å²) < 4.78 is 0. The molecule has 0 aromatic carbocycles. The summed E-state index contributed by atoms with van der Waals surface area (Å²) in [5.41, 5.74) is 0.128. The summed E-state index contributed by atoms with van der Waals surface area (Å²) in [4.78, 5) is 26.1. The van der Waals surface area contributed by atoms with Gasteiger partial charge in [-0.1, -0.05) is 26.0 Å². The molecule has 4 heteroatoms. The summed E-state index contributed by atoms with van der Waals surface area (Å²) in [5.74, 6) is -0.0628. The van der Waals surface area contributed by atoms with Crippen LogP contribution in [0.2, 0.25) is 0 Å². The standard InChI is InChI=1S/C13H22N2O2/c1-6-10-11(16)14-13(5,7-2)12(17)15(10)8-9(3)4/h10H,3,6-8H2,1-2,4-5H3,(H,14,16). The van der Waals surface area contributed by atoms with Gasteiger partial charge in [0.25, 0.3) is 0 Å². The second-order valence-electron chi connectivity index (χ2n) is 4.99. The van der Waals surface area contributed by atoms with Crippen LogP contribution >= 0.6 is 0 Å². The molecule has 17 heavy (non-hydrogen) atoms. The van der Waals surface area contributed by atoms with E-state index in [0.717, 1.165) is 5.57 Å². The Bertz CT molecular complexity index is 351. The Balaban J connectivity index is 3.05. The minimum absolute atomic E-state index is 0.00514. The third-order valence-electron chi connectivity index (χ3n) is 3.34. The lowest BCUT2D eigenvalue weighted by atomic mass is 9.91. The summed E-state index contributed by atoms with van der Waals surface area (Å²) in [6.07, 6.45) is 1.23. The fourth-order valence-corrected chi connectivity index (χ4v) is 2.13.